The molecule has 4 heterocycles. The molecule has 9 nitrogen and oxygen atoms in total. The lowest BCUT2D eigenvalue weighted by molar-refractivity contribution is -0.126. The zero-order chi connectivity index (χ0) is 25.9. The van der Waals surface area contributed by atoms with Crippen LogP contribution in [0.5, 0.6) is 0 Å². The van der Waals surface area contributed by atoms with Crippen molar-refractivity contribution in [2.24, 2.45) is 0 Å². The third-order valence-electron chi connectivity index (χ3n) is 6.30. The lowest BCUT2D eigenvalue weighted by Crippen LogP contribution is -2.40. The van der Waals surface area contributed by atoms with Gasteiger partial charge in [0.05, 0.1) is 28.2 Å². The van der Waals surface area contributed by atoms with E-state index in [1.54, 1.807) is 48.4 Å². The highest BCUT2D eigenvalue weighted by atomic mass is 35.5. The fraction of sp³-hybridized carbons (Fsp3) is 0.222. The molecule has 3 aromatic heterocycles. The van der Waals surface area contributed by atoms with Crippen molar-refractivity contribution in [3.63, 3.8) is 0 Å². The lowest BCUT2D eigenvalue weighted by Gasteiger charge is -2.32. The van der Waals surface area contributed by atoms with Gasteiger partial charge in [-0.15, -0.1) is 0 Å². The maximum Gasteiger partial charge on any atom is 0.298 e. The Bertz CT molecular complexity index is 1540. The lowest BCUT2D eigenvalue weighted by atomic mass is 10.0. The van der Waals surface area contributed by atoms with Crippen molar-refractivity contribution < 1.29 is 9.59 Å². The van der Waals surface area contributed by atoms with Gasteiger partial charge in [-0.1, -0.05) is 35.7 Å². The van der Waals surface area contributed by atoms with Crippen molar-refractivity contribution in [2.45, 2.75) is 25.8 Å². The molecule has 5 rings (SSSR count). The fourth-order valence-corrected chi connectivity index (χ4v) is 4.78. The predicted molar refractivity (Wildman–Crippen MR) is 143 cm³/mol. The van der Waals surface area contributed by atoms with E-state index in [0.717, 1.165) is 18.4 Å². The number of hydrogen-bond acceptors (Lipinski definition) is 6. The summed E-state index contributed by atoms with van der Waals surface area (Å²) < 4.78 is 1.85. The van der Waals surface area contributed by atoms with Crippen LogP contribution in [0, 0.1) is 11.8 Å². The summed E-state index contributed by atoms with van der Waals surface area (Å²) in [6, 6.07) is 12.3. The molecule has 1 aliphatic heterocycles. The summed E-state index contributed by atoms with van der Waals surface area (Å²) in [6.45, 7) is 2.76. The number of nitrogens with one attached hydrogen (secondary N) is 1. The van der Waals surface area contributed by atoms with E-state index in [1.807, 2.05) is 16.8 Å². The number of likely N-dealkylation sites (tertiary alicyclic amines) is 1. The van der Waals surface area contributed by atoms with E-state index >= 15 is 0 Å². The molecule has 1 unspecified atom stereocenters. The van der Waals surface area contributed by atoms with Gasteiger partial charge in [-0.05, 0) is 50.0 Å². The van der Waals surface area contributed by atoms with Crippen molar-refractivity contribution in [2.75, 3.05) is 24.1 Å². The van der Waals surface area contributed by atoms with E-state index in [4.69, 9.17) is 22.4 Å². The largest absolute Gasteiger partial charge is 0.383 e. The van der Waals surface area contributed by atoms with Crippen LogP contribution in [-0.2, 0) is 4.79 Å². The highest BCUT2D eigenvalue weighted by Gasteiger charge is 2.28. The second-order valence-electron chi connectivity index (χ2n) is 8.68. The Kier molecular flexibility index (Phi) is 6.75. The van der Waals surface area contributed by atoms with Crippen LogP contribution < -0.4 is 11.1 Å². The standard InChI is InChI=1S/C27H24ClN7O2/c1-2-6-22(36)34-14-5-7-19(16-34)35-25-20(28)15-31-26(29)23(25)24(33-35)17-9-11-18(12-10-17)27(37)32-21-8-3-4-13-30-21/h3-4,8-13,15,19H,5,7,14,16H2,1H3,(H2,29,31)(H,30,32,37). The van der Waals surface area contributed by atoms with Crippen LogP contribution in [0.2, 0.25) is 5.02 Å². The van der Waals surface area contributed by atoms with E-state index in [-0.39, 0.29) is 17.9 Å². The number of nitrogens with two attached hydrogens (primary N) is 1. The maximum atomic E-state index is 12.7. The molecule has 1 aliphatic rings. The van der Waals surface area contributed by atoms with Crippen LogP contribution in [0.15, 0.2) is 54.9 Å². The van der Waals surface area contributed by atoms with Gasteiger partial charge in [0.1, 0.15) is 17.3 Å². The van der Waals surface area contributed by atoms with Crippen molar-refractivity contribution >= 4 is 46.0 Å². The van der Waals surface area contributed by atoms with Gasteiger partial charge in [-0.3, -0.25) is 14.3 Å². The normalized spacial score (nSPS) is 15.2. The molecule has 4 aromatic rings. The van der Waals surface area contributed by atoms with Crippen LogP contribution in [0.3, 0.4) is 0 Å². The molecule has 0 radical (unpaired) electrons. The minimum absolute atomic E-state index is 0.102. The van der Waals surface area contributed by atoms with Gasteiger partial charge in [0.15, 0.2) is 0 Å². The molecule has 10 heteroatoms. The van der Waals surface area contributed by atoms with Gasteiger partial charge >= 0.3 is 0 Å². The number of fused-ring (bicyclic) bond motifs is 1. The van der Waals surface area contributed by atoms with Crippen LogP contribution in [0.1, 0.15) is 36.2 Å². The first kappa shape index (κ1) is 24.3. The van der Waals surface area contributed by atoms with Crippen LogP contribution in [-0.4, -0.2) is 49.6 Å². The summed E-state index contributed by atoms with van der Waals surface area (Å²) in [6.07, 6.45) is 4.77. The van der Waals surface area contributed by atoms with Gasteiger partial charge in [-0.2, -0.15) is 5.10 Å². The Morgan fingerprint density at radius 3 is 2.70 bits per heavy atom. The number of anilines is 2. The summed E-state index contributed by atoms with van der Waals surface area (Å²) >= 11 is 6.61. The Morgan fingerprint density at radius 1 is 1.16 bits per heavy atom. The van der Waals surface area contributed by atoms with E-state index in [9.17, 15) is 9.59 Å². The number of nitrogens with zero attached hydrogens (tertiary/aromatic N) is 5. The zero-order valence-electron chi connectivity index (χ0n) is 20.1. The Morgan fingerprint density at radius 2 is 1.97 bits per heavy atom. The van der Waals surface area contributed by atoms with Gasteiger partial charge < -0.3 is 16.0 Å². The average molecular weight is 514 g/mol. The summed E-state index contributed by atoms with van der Waals surface area (Å²) in [5, 5.41) is 8.75. The van der Waals surface area contributed by atoms with Crippen molar-refractivity contribution in [3.8, 4) is 23.1 Å². The summed E-state index contributed by atoms with van der Waals surface area (Å²) in [4.78, 5) is 35.2. The fourth-order valence-electron chi connectivity index (χ4n) is 4.55. The zero-order valence-corrected chi connectivity index (χ0v) is 20.9. The maximum absolute atomic E-state index is 12.7. The van der Waals surface area contributed by atoms with Crippen molar-refractivity contribution in [1.29, 1.82) is 0 Å². The molecule has 186 valence electrons. The molecule has 1 aromatic carbocycles. The summed E-state index contributed by atoms with van der Waals surface area (Å²) in [5.41, 5.74) is 8.82. The van der Waals surface area contributed by atoms with Crippen molar-refractivity contribution in [1.82, 2.24) is 24.6 Å². The van der Waals surface area contributed by atoms with Gasteiger partial charge in [-0.25, -0.2) is 9.97 Å². The number of halogens is 1. The van der Waals surface area contributed by atoms with E-state index < -0.39 is 0 Å². The Labute approximate surface area is 218 Å². The first-order valence-corrected chi connectivity index (χ1v) is 12.2. The minimum atomic E-state index is -0.271. The first-order chi connectivity index (χ1) is 18.0. The molecule has 1 fully saturated rings. The number of hydrogen-bond donors (Lipinski definition) is 2. The topological polar surface area (TPSA) is 119 Å². The molecular formula is C27H24ClN7O2. The summed E-state index contributed by atoms with van der Waals surface area (Å²) in [5.74, 6) is 5.60. The molecule has 1 saturated heterocycles. The Hall–Kier alpha value is -4.42. The molecule has 2 amide bonds. The Balaban J connectivity index is 1.50. The first-order valence-electron chi connectivity index (χ1n) is 11.8. The molecule has 37 heavy (non-hydrogen) atoms. The number of carbonyl (C=O) groups excluding carboxylic acids is 2. The van der Waals surface area contributed by atoms with Gasteiger partial charge in [0, 0.05) is 30.4 Å². The number of rotatable bonds is 4. The van der Waals surface area contributed by atoms with Crippen molar-refractivity contribution in [3.05, 3.63) is 65.4 Å². The second kappa shape index (κ2) is 10.3. The van der Waals surface area contributed by atoms with Gasteiger partial charge in [0.2, 0.25) is 0 Å². The third kappa shape index (κ3) is 4.84. The number of benzene rings is 1. The number of piperidine rings is 1. The molecule has 0 bridgehead atoms. The molecule has 3 N–H and O–H groups in total. The molecule has 0 spiro atoms. The smallest absolute Gasteiger partial charge is 0.298 e. The number of carbonyl (C=O) groups is 2. The number of nitrogen functional groups attached to an aromatic ring is 1. The monoisotopic (exact) mass is 513 g/mol. The molecule has 0 aliphatic carbocycles. The molecule has 0 saturated carbocycles. The number of aromatic nitrogens is 4. The quantitative estimate of drug-likeness (QED) is 0.395. The van der Waals surface area contributed by atoms with Crippen LogP contribution in [0.25, 0.3) is 22.2 Å². The average Bonchev–Trinajstić information content (AvgIpc) is 3.34. The van der Waals surface area contributed by atoms with E-state index in [2.05, 4.69) is 27.1 Å². The SMILES string of the molecule is CC#CC(=O)N1CCCC(n2nc(-c3ccc(C(=O)Nc4ccccn4)cc3)c3c(N)ncc(Cl)c32)C1. The third-order valence-corrected chi connectivity index (χ3v) is 6.57. The second-order valence-corrected chi connectivity index (χ2v) is 9.08. The molecule has 1 atom stereocenters. The highest BCUT2D eigenvalue weighted by Crippen LogP contribution is 2.38. The predicted octanol–water partition coefficient (Wildman–Crippen LogP) is 4.17. The van der Waals surface area contributed by atoms with E-state index in [1.165, 1.54) is 6.20 Å². The highest BCUT2D eigenvalue weighted by molar-refractivity contribution is 6.35. The van der Waals surface area contributed by atoms with Gasteiger partial charge in [0.25, 0.3) is 11.8 Å². The van der Waals surface area contributed by atoms with Crippen LogP contribution in [0.4, 0.5) is 11.6 Å². The minimum Gasteiger partial charge on any atom is -0.383 e. The van der Waals surface area contributed by atoms with Crippen LogP contribution >= 0.6 is 11.6 Å². The number of pyridine rings is 2. The summed E-state index contributed by atoms with van der Waals surface area (Å²) in [7, 11) is 0. The van der Waals surface area contributed by atoms with E-state index in [0.29, 0.717) is 51.9 Å². The molecular weight excluding hydrogens is 490 g/mol. The number of amides is 2.